The van der Waals surface area contributed by atoms with Crippen molar-refractivity contribution in [1.29, 1.82) is 0 Å². The molecule has 0 aliphatic carbocycles. The van der Waals surface area contributed by atoms with Crippen LogP contribution in [0.2, 0.25) is 5.02 Å². The van der Waals surface area contributed by atoms with Crippen molar-refractivity contribution in [3.05, 3.63) is 52.7 Å². The Balaban J connectivity index is 1.94. The number of hydrogen-bond acceptors (Lipinski definition) is 4. The van der Waals surface area contributed by atoms with E-state index in [1.165, 1.54) is 13.1 Å². The van der Waals surface area contributed by atoms with Crippen molar-refractivity contribution in [3.63, 3.8) is 0 Å². The highest BCUT2D eigenvalue weighted by Crippen LogP contribution is 2.16. The Morgan fingerprint density at radius 1 is 1.15 bits per heavy atom. The number of halogens is 1. The van der Waals surface area contributed by atoms with Crippen molar-refractivity contribution in [1.82, 2.24) is 10.0 Å². The maximum absolute atomic E-state index is 11.5. The molecular formula is C13H15ClN2O3S. The molecule has 0 amide bonds. The van der Waals surface area contributed by atoms with Gasteiger partial charge in [-0.25, -0.2) is 13.1 Å². The minimum absolute atomic E-state index is 0.0884. The molecule has 20 heavy (non-hydrogen) atoms. The summed E-state index contributed by atoms with van der Waals surface area (Å²) in [6, 6.07) is 10.6. The molecule has 0 spiro atoms. The molecule has 0 saturated heterocycles. The van der Waals surface area contributed by atoms with Crippen LogP contribution in [0.25, 0.3) is 0 Å². The number of nitrogens with one attached hydrogen (secondary N) is 2. The Bertz CT molecular complexity index is 682. The van der Waals surface area contributed by atoms with Crippen LogP contribution in [0.3, 0.4) is 0 Å². The lowest BCUT2D eigenvalue weighted by molar-refractivity contribution is 0.400. The van der Waals surface area contributed by atoms with E-state index in [2.05, 4.69) is 10.0 Å². The van der Waals surface area contributed by atoms with E-state index in [1.54, 1.807) is 6.07 Å². The van der Waals surface area contributed by atoms with Crippen LogP contribution in [0, 0.1) is 0 Å². The van der Waals surface area contributed by atoms with E-state index in [9.17, 15) is 8.42 Å². The van der Waals surface area contributed by atoms with Crippen LogP contribution in [-0.4, -0.2) is 15.5 Å². The fourth-order valence-electron chi connectivity index (χ4n) is 1.66. The maximum atomic E-state index is 11.5. The Hall–Kier alpha value is -1.34. The number of rotatable bonds is 6. The first-order chi connectivity index (χ1) is 9.53. The molecule has 2 N–H and O–H groups in total. The van der Waals surface area contributed by atoms with Crippen molar-refractivity contribution in [2.24, 2.45) is 0 Å². The minimum atomic E-state index is -3.53. The van der Waals surface area contributed by atoms with E-state index in [4.69, 9.17) is 16.0 Å². The van der Waals surface area contributed by atoms with Crippen molar-refractivity contribution < 1.29 is 12.8 Å². The first-order valence-corrected chi connectivity index (χ1v) is 7.85. The van der Waals surface area contributed by atoms with E-state index >= 15 is 0 Å². The van der Waals surface area contributed by atoms with Crippen LogP contribution >= 0.6 is 11.6 Å². The fourth-order valence-corrected chi connectivity index (χ4v) is 2.53. The summed E-state index contributed by atoms with van der Waals surface area (Å²) in [4.78, 5) is 0. The van der Waals surface area contributed by atoms with Crippen LogP contribution in [0.5, 0.6) is 0 Å². The molecule has 0 radical (unpaired) electrons. The molecule has 0 aliphatic rings. The second kappa shape index (κ2) is 6.41. The molecule has 5 nitrogen and oxygen atoms in total. The summed E-state index contributed by atoms with van der Waals surface area (Å²) in [5.41, 5.74) is 0.976. The third kappa shape index (κ3) is 3.61. The predicted octanol–water partition coefficient (Wildman–Crippen LogP) is 2.13. The summed E-state index contributed by atoms with van der Waals surface area (Å²) in [6.45, 7) is 0.999. The van der Waals surface area contributed by atoms with Gasteiger partial charge in [-0.2, -0.15) is 0 Å². The average Bonchev–Trinajstić information content (AvgIpc) is 2.90. The first kappa shape index (κ1) is 15.1. The van der Waals surface area contributed by atoms with E-state index in [1.807, 2.05) is 24.3 Å². The molecular weight excluding hydrogens is 300 g/mol. The van der Waals surface area contributed by atoms with Gasteiger partial charge in [-0.15, -0.1) is 0 Å². The Morgan fingerprint density at radius 3 is 2.60 bits per heavy atom. The zero-order valence-electron chi connectivity index (χ0n) is 10.9. The molecule has 0 bridgehead atoms. The SMILES string of the molecule is CNS(=O)(=O)c1ccc(CNCc2ccccc2Cl)o1. The lowest BCUT2D eigenvalue weighted by atomic mass is 10.2. The van der Waals surface area contributed by atoms with Gasteiger partial charge < -0.3 is 9.73 Å². The van der Waals surface area contributed by atoms with Crippen molar-refractivity contribution >= 4 is 21.6 Å². The van der Waals surface area contributed by atoms with E-state index in [0.717, 1.165) is 5.56 Å². The fraction of sp³-hybridized carbons (Fsp3) is 0.231. The van der Waals surface area contributed by atoms with Gasteiger partial charge in [0.2, 0.25) is 5.09 Å². The molecule has 2 rings (SSSR count). The van der Waals surface area contributed by atoms with E-state index in [0.29, 0.717) is 23.9 Å². The largest absolute Gasteiger partial charge is 0.447 e. The van der Waals surface area contributed by atoms with Crippen molar-refractivity contribution in [2.75, 3.05) is 7.05 Å². The molecule has 1 heterocycles. The number of furan rings is 1. The average molecular weight is 315 g/mol. The highest BCUT2D eigenvalue weighted by atomic mass is 35.5. The number of hydrogen-bond donors (Lipinski definition) is 2. The van der Waals surface area contributed by atoms with Gasteiger partial charge in [-0.1, -0.05) is 29.8 Å². The second-order valence-corrected chi connectivity index (χ2v) is 6.35. The normalized spacial score (nSPS) is 11.7. The van der Waals surface area contributed by atoms with Gasteiger partial charge in [0, 0.05) is 11.6 Å². The molecule has 1 aromatic carbocycles. The van der Waals surface area contributed by atoms with Gasteiger partial charge in [0.25, 0.3) is 10.0 Å². The molecule has 2 aromatic rings. The van der Waals surface area contributed by atoms with Gasteiger partial charge in [0.15, 0.2) is 0 Å². The third-order valence-electron chi connectivity index (χ3n) is 2.74. The molecule has 0 saturated carbocycles. The van der Waals surface area contributed by atoms with Gasteiger partial charge in [0.1, 0.15) is 5.76 Å². The summed E-state index contributed by atoms with van der Waals surface area (Å²) in [7, 11) is -2.19. The monoisotopic (exact) mass is 314 g/mol. The van der Waals surface area contributed by atoms with Crippen LogP contribution in [0.1, 0.15) is 11.3 Å². The van der Waals surface area contributed by atoms with Crippen LogP contribution in [-0.2, 0) is 23.1 Å². The summed E-state index contributed by atoms with van der Waals surface area (Å²) >= 11 is 6.04. The smallest absolute Gasteiger partial charge is 0.273 e. The van der Waals surface area contributed by atoms with Crippen LogP contribution in [0.15, 0.2) is 45.9 Å². The summed E-state index contributed by atoms with van der Waals surface area (Å²) in [6.07, 6.45) is 0. The topological polar surface area (TPSA) is 71.3 Å². The van der Waals surface area contributed by atoms with Gasteiger partial charge in [-0.3, -0.25) is 0 Å². The number of sulfonamides is 1. The molecule has 108 valence electrons. The lowest BCUT2D eigenvalue weighted by Crippen LogP contribution is -2.17. The van der Waals surface area contributed by atoms with Crippen LogP contribution < -0.4 is 10.0 Å². The third-order valence-corrected chi connectivity index (χ3v) is 4.40. The molecule has 1 aromatic heterocycles. The van der Waals surface area contributed by atoms with Gasteiger partial charge >= 0.3 is 0 Å². The second-order valence-electron chi connectivity index (χ2n) is 4.12. The molecule has 7 heteroatoms. The highest BCUT2D eigenvalue weighted by Gasteiger charge is 2.15. The van der Waals surface area contributed by atoms with Gasteiger partial charge in [-0.05, 0) is 30.8 Å². The lowest BCUT2D eigenvalue weighted by Gasteiger charge is -2.05. The van der Waals surface area contributed by atoms with E-state index < -0.39 is 10.0 Å². The molecule has 0 aliphatic heterocycles. The quantitative estimate of drug-likeness (QED) is 0.857. The standard InChI is InChI=1S/C13H15ClN2O3S/c1-15-20(17,18)13-7-6-11(19-13)9-16-8-10-4-2-3-5-12(10)14/h2-7,15-16H,8-9H2,1H3. The zero-order chi connectivity index (χ0) is 14.6. The Morgan fingerprint density at radius 2 is 1.90 bits per heavy atom. The predicted molar refractivity (Wildman–Crippen MR) is 76.9 cm³/mol. The van der Waals surface area contributed by atoms with Gasteiger partial charge in [0.05, 0.1) is 6.54 Å². The Labute approximate surface area is 123 Å². The highest BCUT2D eigenvalue weighted by molar-refractivity contribution is 7.89. The first-order valence-electron chi connectivity index (χ1n) is 5.99. The zero-order valence-corrected chi connectivity index (χ0v) is 12.5. The van der Waals surface area contributed by atoms with Crippen molar-refractivity contribution in [3.8, 4) is 0 Å². The van der Waals surface area contributed by atoms with E-state index in [-0.39, 0.29) is 5.09 Å². The van der Waals surface area contributed by atoms with Crippen LogP contribution in [0.4, 0.5) is 0 Å². The Kier molecular flexibility index (Phi) is 4.82. The van der Waals surface area contributed by atoms with Crippen molar-refractivity contribution in [2.45, 2.75) is 18.2 Å². The summed E-state index contributed by atoms with van der Waals surface area (Å²) < 4.78 is 30.5. The maximum Gasteiger partial charge on any atom is 0.273 e. The minimum Gasteiger partial charge on any atom is -0.447 e. The number of benzene rings is 1. The summed E-state index contributed by atoms with van der Waals surface area (Å²) in [5.74, 6) is 0.547. The molecule has 0 unspecified atom stereocenters. The summed E-state index contributed by atoms with van der Waals surface area (Å²) in [5, 5.41) is 3.75. The molecule has 0 fully saturated rings. The molecule has 0 atom stereocenters.